The Morgan fingerprint density at radius 1 is 1.12 bits per heavy atom. The number of ether oxygens (including phenoxy) is 2. The molecule has 0 aromatic heterocycles. The molecule has 0 amide bonds. The van der Waals surface area contributed by atoms with Crippen LogP contribution in [0, 0.1) is 0 Å². The fraction of sp³-hybridized carbons (Fsp3) is 0.316. The Kier molecular flexibility index (Phi) is 6.13. The Bertz CT molecular complexity index is 788. The molecule has 0 saturated carbocycles. The van der Waals surface area contributed by atoms with E-state index in [1.807, 2.05) is 0 Å². The van der Waals surface area contributed by atoms with Gasteiger partial charge in [-0.1, -0.05) is 12.1 Å². The van der Waals surface area contributed by atoms with Crippen LogP contribution in [-0.2, 0) is 22.3 Å². The van der Waals surface area contributed by atoms with Crippen molar-refractivity contribution in [2.45, 2.75) is 26.6 Å². The molecule has 0 saturated heterocycles. The first kappa shape index (κ1) is 19.6. The normalized spacial score (nSPS) is 11.2. The number of carbonyl (C=O) groups excluding carboxylic acids is 1. The van der Waals surface area contributed by atoms with Gasteiger partial charge in [0.1, 0.15) is 12.4 Å². The average molecular weight is 367 g/mol. The molecule has 2 aromatic carbocycles. The SMILES string of the molecule is CCNc1cc(C(F)(F)F)ccc1-c1cc(COC(C)=O)ccc1OC. The lowest BCUT2D eigenvalue weighted by atomic mass is 9.98. The lowest BCUT2D eigenvalue weighted by Gasteiger charge is -2.17. The molecule has 26 heavy (non-hydrogen) atoms. The predicted octanol–water partition coefficient (Wildman–Crippen LogP) is 4.88. The monoisotopic (exact) mass is 367 g/mol. The van der Waals surface area contributed by atoms with Crippen molar-refractivity contribution in [3.63, 3.8) is 0 Å². The summed E-state index contributed by atoms with van der Waals surface area (Å²) in [6, 6.07) is 8.70. The average Bonchev–Trinajstić information content (AvgIpc) is 2.59. The van der Waals surface area contributed by atoms with Crippen LogP contribution in [0.3, 0.4) is 0 Å². The summed E-state index contributed by atoms with van der Waals surface area (Å²) in [5.41, 5.74) is 1.51. The van der Waals surface area contributed by atoms with Gasteiger partial charge in [0.25, 0.3) is 0 Å². The van der Waals surface area contributed by atoms with Gasteiger partial charge < -0.3 is 14.8 Å². The van der Waals surface area contributed by atoms with E-state index in [0.29, 0.717) is 34.7 Å². The van der Waals surface area contributed by atoms with Crippen LogP contribution in [-0.4, -0.2) is 19.6 Å². The second kappa shape index (κ2) is 8.12. The molecule has 0 bridgehead atoms. The Morgan fingerprint density at radius 2 is 1.85 bits per heavy atom. The molecule has 0 unspecified atom stereocenters. The van der Waals surface area contributed by atoms with Crippen LogP contribution >= 0.6 is 0 Å². The number of halogens is 3. The Morgan fingerprint density at radius 3 is 2.42 bits per heavy atom. The topological polar surface area (TPSA) is 47.6 Å². The minimum absolute atomic E-state index is 0.0729. The molecule has 0 radical (unpaired) electrons. The minimum atomic E-state index is -4.43. The number of rotatable bonds is 6. The molecule has 0 fully saturated rings. The summed E-state index contributed by atoms with van der Waals surface area (Å²) < 4.78 is 49.4. The molecule has 7 heteroatoms. The first-order valence-electron chi connectivity index (χ1n) is 8.02. The first-order valence-corrected chi connectivity index (χ1v) is 8.02. The van der Waals surface area contributed by atoms with Gasteiger partial charge in [-0.25, -0.2) is 0 Å². The second-order valence-corrected chi connectivity index (χ2v) is 5.60. The van der Waals surface area contributed by atoms with Gasteiger partial charge in [-0.15, -0.1) is 0 Å². The van der Waals surface area contributed by atoms with Crippen molar-refractivity contribution >= 4 is 11.7 Å². The maximum Gasteiger partial charge on any atom is 0.416 e. The molecule has 0 aliphatic rings. The predicted molar refractivity (Wildman–Crippen MR) is 93.1 cm³/mol. The molecule has 0 spiro atoms. The molecule has 2 rings (SSSR count). The summed E-state index contributed by atoms with van der Waals surface area (Å²) >= 11 is 0. The van der Waals surface area contributed by atoms with Crippen molar-refractivity contribution in [1.29, 1.82) is 0 Å². The van der Waals surface area contributed by atoms with E-state index in [-0.39, 0.29) is 6.61 Å². The third-order valence-electron chi connectivity index (χ3n) is 3.71. The van der Waals surface area contributed by atoms with Crippen LogP contribution in [0.2, 0.25) is 0 Å². The number of anilines is 1. The zero-order valence-electron chi connectivity index (χ0n) is 14.7. The van der Waals surface area contributed by atoms with E-state index >= 15 is 0 Å². The van der Waals surface area contributed by atoms with Crippen molar-refractivity contribution in [2.75, 3.05) is 19.0 Å². The van der Waals surface area contributed by atoms with Gasteiger partial charge in [0.05, 0.1) is 12.7 Å². The molecule has 140 valence electrons. The van der Waals surface area contributed by atoms with Crippen molar-refractivity contribution in [3.05, 3.63) is 47.5 Å². The third-order valence-corrected chi connectivity index (χ3v) is 3.71. The number of nitrogens with one attached hydrogen (secondary N) is 1. The highest BCUT2D eigenvalue weighted by atomic mass is 19.4. The number of benzene rings is 2. The van der Waals surface area contributed by atoms with Crippen LogP contribution < -0.4 is 10.1 Å². The molecular weight excluding hydrogens is 347 g/mol. The molecule has 0 atom stereocenters. The third kappa shape index (κ3) is 4.68. The van der Waals surface area contributed by atoms with Gasteiger partial charge in [0.2, 0.25) is 0 Å². The molecule has 2 aromatic rings. The summed E-state index contributed by atoms with van der Waals surface area (Å²) in [5.74, 6) is 0.0979. The van der Waals surface area contributed by atoms with Crippen molar-refractivity contribution in [3.8, 4) is 16.9 Å². The van der Waals surface area contributed by atoms with Gasteiger partial charge >= 0.3 is 12.1 Å². The van der Waals surface area contributed by atoms with E-state index in [9.17, 15) is 18.0 Å². The standard InChI is InChI=1S/C19H20F3NO3/c1-4-23-17-10-14(19(20,21)22)6-7-15(17)16-9-13(11-26-12(2)24)5-8-18(16)25-3/h5-10,23H,4,11H2,1-3H3. The summed E-state index contributed by atoms with van der Waals surface area (Å²) in [4.78, 5) is 11.0. The second-order valence-electron chi connectivity index (χ2n) is 5.60. The molecule has 0 heterocycles. The Balaban J connectivity index is 2.54. The zero-order valence-corrected chi connectivity index (χ0v) is 14.7. The van der Waals surface area contributed by atoms with E-state index in [2.05, 4.69) is 5.32 Å². The van der Waals surface area contributed by atoms with Gasteiger partial charge in [-0.3, -0.25) is 4.79 Å². The molecule has 4 nitrogen and oxygen atoms in total. The fourth-order valence-electron chi connectivity index (χ4n) is 2.53. The van der Waals surface area contributed by atoms with Crippen molar-refractivity contribution < 1.29 is 27.4 Å². The number of hydrogen-bond donors (Lipinski definition) is 1. The molecule has 1 N–H and O–H groups in total. The van der Waals surface area contributed by atoms with Crippen LogP contribution in [0.5, 0.6) is 5.75 Å². The quantitative estimate of drug-likeness (QED) is 0.740. The van der Waals surface area contributed by atoms with Gasteiger partial charge in [0.15, 0.2) is 0 Å². The lowest BCUT2D eigenvalue weighted by molar-refractivity contribution is -0.142. The summed E-state index contributed by atoms with van der Waals surface area (Å²) in [6.45, 7) is 3.65. The van der Waals surface area contributed by atoms with Gasteiger partial charge in [-0.2, -0.15) is 13.2 Å². The lowest BCUT2D eigenvalue weighted by Crippen LogP contribution is -2.07. The number of carbonyl (C=O) groups is 1. The first-order chi connectivity index (χ1) is 12.3. The van der Waals surface area contributed by atoms with Gasteiger partial charge in [-0.05, 0) is 36.8 Å². The fourth-order valence-corrected chi connectivity index (χ4v) is 2.53. The van der Waals surface area contributed by atoms with Crippen LogP contribution in [0.4, 0.5) is 18.9 Å². The van der Waals surface area contributed by atoms with E-state index < -0.39 is 17.7 Å². The smallest absolute Gasteiger partial charge is 0.416 e. The molecular formula is C19H20F3NO3. The summed E-state index contributed by atoms with van der Waals surface area (Å²) in [6.07, 6.45) is -4.43. The van der Waals surface area contributed by atoms with Crippen LogP contribution in [0.25, 0.3) is 11.1 Å². The number of alkyl halides is 3. The number of esters is 1. The number of hydrogen-bond acceptors (Lipinski definition) is 4. The van der Waals surface area contributed by atoms with Crippen LogP contribution in [0.1, 0.15) is 25.0 Å². The van der Waals surface area contributed by atoms with Crippen molar-refractivity contribution in [2.24, 2.45) is 0 Å². The maximum absolute atomic E-state index is 13.0. The van der Waals surface area contributed by atoms with E-state index in [0.717, 1.165) is 12.1 Å². The van der Waals surface area contributed by atoms with E-state index in [1.54, 1.807) is 25.1 Å². The number of methoxy groups -OCH3 is 1. The highest BCUT2D eigenvalue weighted by Gasteiger charge is 2.31. The zero-order chi connectivity index (χ0) is 19.3. The Labute approximate surface area is 149 Å². The van der Waals surface area contributed by atoms with E-state index in [4.69, 9.17) is 9.47 Å². The summed E-state index contributed by atoms with van der Waals surface area (Å²) in [5, 5.41) is 2.97. The minimum Gasteiger partial charge on any atom is -0.496 e. The maximum atomic E-state index is 13.0. The molecule has 0 aliphatic heterocycles. The van der Waals surface area contributed by atoms with Gasteiger partial charge in [0, 0.05) is 30.3 Å². The highest BCUT2D eigenvalue weighted by molar-refractivity contribution is 5.82. The Hall–Kier alpha value is -2.70. The summed E-state index contributed by atoms with van der Waals surface area (Å²) in [7, 11) is 1.49. The van der Waals surface area contributed by atoms with E-state index in [1.165, 1.54) is 20.1 Å². The van der Waals surface area contributed by atoms with Crippen molar-refractivity contribution in [1.82, 2.24) is 0 Å². The van der Waals surface area contributed by atoms with Crippen LogP contribution in [0.15, 0.2) is 36.4 Å². The molecule has 0 aliphatic carbocycles. The largest absolute Gasteiger partial charge is 0.496 e. The highest BCUT2D eigenvalue weighted by Crippen LogP contribution is 2.39.